The first-order chi connectivity index (χ1) is 17.6. The standard InChI is InChI=1S/C27H27N5O3S/c1-18-5-3-6-19(17-18)23(31-14-12-30(13-15-31)20-8-10-21(34-2)11-9-20)24-26(33)32-27(36-24)28-25(29-32)22-7-4-16-35-22/h3-11,16-17,23,33H,12-15H2,1-2H3. The molecule has 0 aliphatic carbocycles. The molecule has 1 aliphatic heterocycles. The molecule has 2 aromatic carbocycles. The van der Waals surface area contributed by atoms with E-state index in [2.05, 4.69) is 63.2 Å². The summed E-state index contributed by atoms with van der Waals surface area (Å²) in [4.78, 5) is 10.9. The highest BCUT2D eigenvalue weighted by molar-refractivity contribution is 7.17. The summed E-state index contributed by atoms with van der Waals surface area (Å²) in [5, 5.41) is 15.8. The fourth-order valence-electron chi connectivity index (χ4n) is 4.84. The van der Waals surface area contributed by atoms with Crippen LogP contribution in [0.3, 0.4) is 0 Å². The molecule has 5 aromatic rings. The van der Waals surface area contributed by atoms with Crippen LogP contribution in [0.4, 0.5) is 5.69 Å². The fourth-order valence-corrected chi connectivity index (χ4v) is 5.96. The van der Waals surface area contributed by atoms with Crippen LogP contribution in [-0.4, -0.2) is 57.9 Å². The molecule has 0 saturated carbocycles. The average Bonchev–Trinajstić information content (AvgIpc) is 3.64. The lowest BCUT2D eigenvalue weighted by Crippen LogP contribution is -2.47. The Bertz CT molecular complexity index is 1470. The van der Waals surface area contributed by atoms with E-state index in [0.29, 0.717) is 16.5 Å². The Labute approximate surface area is 213 Å². The summed E-state index contributed by atoms with van der Waals surface area (Å²) in [5.74, 6) is 2.04. The van der Waals surface area contributed by atoms with Crippen LogP contribution in [0.1, 0.15) is 22.0 Å². The number of anilines is 1. The SMILES string of the molecule is COc1ccc(N2CCN(C(c3cccc(C)c3)c3sc4nc(-c5ccco5)nn4c3O)CC2)cc1. The van der Waals surface area contributed by atoms with E-state index in [1.54, 1.807) is 19.4 Å². The summed E-state index contributed by atoms with van der Waals surface area (Å²) >= 11 is 1.47. The normalized spacial score (nSPS) is 15.4. The van der Waals surface area contributed by atoms with Crippen LogP contribution >= 0.6 is 11.3 Å². The molecule has 0 amide bonds. The van der Waals surface area contributed by atoms with Gasteiger partial charge in [0.2, 0.25) is 16.7 Å². The lowest BCUT2D eigenvalue weighted by Gasteiger charge is -2.40. The predicted octanol–water partition coefficient (Wildman–Crippen LogP) is 4.99. The molecule has 0 bridgehead atoms. The monoisotopic (exact) mass is 501 g/mol. The van der Waals surface area contributed by atoms with E-state index in [1.165, 1.54) is 27.1 Å². The minimum Gasteiger partial charge on any atom is -0.497 e. The maximum absolute atomic E-state index is 11.3. The Morgan fingerprint density at radius 3 is 2.50 bits per heavy atom. The number of thiazole rings is 1. The second-order valence-electron chi connectivity index (χ2n) is 8.93. The van der Waals surface area contributed by atoms with Gasteiger partial charge in [0.05, 0.1) is 24.3 Å². The summed E-state index contributed by atoms with van der Waals surface area (Å²) in [6.07, 6.45) is 1.59. The number of aromatic nitrogens is 3. The number of piperazine rings is 1. The minimum atomic E-state index is -0.0940. The number of methoxy groups -OCH3 is 1. The van der Waals surface area contributed by atoms with Crippen molar-refractivity contribution in [1.29, 1.82) is 0 Å². The third-order valence-electron chi connectivity index (χ3n) is 6.66. The topological polar surface area (TPSA) is 79.3 Å². The Balaban J connectivity index is 1.31. The van der Waals surface area contributed by atoms with Gasteiger partial charge in [-0.25, -0.2) is 0 Å². The van der Waals surface area contributed by atoms with E-state index in [4.69, 9.17) is 9.15 Å². The van der Waals surface area contributed by atoms with E-state index < -0.39 is 0 Å². The highest BCUT2D eigenvalue weighted by Crippen LogP contribution is 2.41. The lowest BCUT2D eigenvalue weighted by atomic mass is 10.0. The molecule has 1 aliphatic rings. The van der Waals surface area contributed by atoms with Crippen molar-refractivity contribution in [3.05, 3.63) is 82.9 Å². The van der Waals surface area contributed by atoms with Crippen LogP contribution in [0, 0.1) is 6.92 Å². The van der Waals surface area contributed by atoms with E-state index in [1.807, 2.05) is 18.2 Å². The molecule has 6 rings (SSSR count). The number of aromatic hydroxyl groups is 1. The molecule has 36 heavy (non-hydrogen) atoms. The Kier molecular flexibility index (Phi) is 5.86. The van der Waals surface area contributed by atoms with Crippen LogP contribution in [0.5, 0.6) is 11.6 Å². The molecule has 1 fully saturated rings. The predicted molar refractivity (Wildman–Crippen MR) is 140 cm³/mol. The molecule has 1 N–H and O–H groups in total. The number of ether oxygens (including phenoxy) is 1. The molecule has 1 atom stereocenters. The van der Waals surface area contributed by atoms with Gasteiger partial charge in [-0.3, -0.25) is 4.90 Å². The van der Waals surface area contributed by atoms with Crippen molar-refractivity contribution < 1.29 is 14.3 Å². The number of hydrogen-bond donors (Lipinski definition) is 1. The quantitative estimate of drug-likeness (QED) is 0.351. The zero-order valence-electron chi connectivity index (χ0n) is 20.2. The van der Waals surface area contributed by atoms with Crippen LogP contribution < -0.4 is 9.64 Å². The summed E-state index contributed by atoms with van der Waals surface area (Å²) in [6.45, 7) is 5.59. The molecule has 3 aromatic heterocycles. The number of fused-ring (bicyclic) bond motifs is 1. The molecule has 8 nitrogen and oxygen atoms in total. The van der Waals surface area contributed by atoms with Gasteiger partial charge in [0.1, 0.15) is 5.75 Å². The van der Waals surface area contributed by atoms with E-state index >= 15 is 0 Å². The van der Waals surface area contributed by atoms with Crippen molar-refractivity contribution in [2.24, 2.45) is 0 Å². The molecular weight excluding hydrogens is 474 g/mol. The van der Waals surface area contributed by atoms with Gasteiger partial charge in [0.25, 0.3) is 0 Å². The fraction of sp³-hybridized carbons (Fsp3) is 0.259. The summed E-state index contributed by atoms with van der Waals surface area (Å²) in [6, 6.07) is 20.2. The van der Waals surface area contributed by atoms with Crippen LogP contribution in [0.15, 0.2) is 71.3 Å². The maximum Gasteiger partial charge on any atom is 0.230 e. The minimum absolute atomic E-state index is 0.0940. The van der Waals surface area contributed by atoms with Gasteiger partial charge >= 0.3 is 0 Å². The van der Waals surface area contributed by atoms with Crippen molar-refractivity contribution in [3.8, 4) is 23.2 Å². The third-order valence-corrected chi connectivity index (χ3v) is 7.74. The molecule has 9 heteroatoms. The summed E-state index contributed by atoms with van der Waals surface area (Å²) in [7, 11) is 1.68. The largest absolute Gasteiger partial charge is 0.497 e. The van der Waals surface area contributed by atoms with Crippen LogP contribution in [0.2, 0.25) is 0 Å². The number of furan rings is 1. The number of nitrogens with zero attached hydrogens (tertiary/aromatic N) is 5. The Hall–Kier alpha value is -3.82. The lowest BCUT2D eigenvalue weighted by molar-refractivity contribution is 0.211. The van der Waals surface area contributed by atoms with Crippen molar-refractivity contribution >= 4 is 22.0 Å². The van der Waals surface area contributed by atoms with Gasteiger partial charge in [0.15, 0.2) is 5.76 Å². The Morgan fingerprint density at radius 1 is 1.03 bits per heavy atom. The van der Waals surface area contributed by atoms with Crippen molar-refractivity contribution in [2.75, 3.05) is 38.2 Å². The highest BCUT2D eigenvalue weighted by atomic mass is 32.1. The van der Waals surface area contributed by atoms with Gasteiger partial charge in [-0.05, 0) is 48.9 Å². The zero-order valence-corrected chi connectivity index (χ0v) is 21.0. The van der Waals surface area contributed by atoms with E-state index in [0.717, 1.165) is 42.4 Å². The number of aryl methyl sites for hydroxylation is 1. The number of hydrogen-bond acceptors (Lipinski definition) is 8. The van der Waals surface area contributed by atoms with Crippen molar-refractivity contribution in [3.63, 3.8) is 0 Å². The molecule has 1 saturated heterocycles. The second-order valence-corrected chi connectivity index (χ2v) is 9.94. The molecule has 184 valence electrons. The number of benzene rings is 2. The maximum atomic E-state index is 11.3. The van der Waals surface area contributed by atoms with E-state index in [-0.39, 0.29) is 11.9 Å². The third kappa shape index (κ3) is 4.10. The molecule has 0 radical (unpaired) electrons. The average molecular weight is 502 g/mol. The molecule has 4 heterocycles. The van der Waals surface area contributed by atoms with Gasteiger partial charge < -0.3 is 19.2 Å². The first-order valence-electron chi connectivity index (χ1n) is 11.9. The van der Waals surface area contributed by atoms with Gasteiger partial charge in [-0.15, -0.1) is 5.10 Å². The van der Waals surface area contributed by atoms with Crippen molar-refractivity contribution in [1.82, 2.24) is 19.5 Å². The molecule has 1 unspecified atom stereocenters. The smallest absolute Gasteiger partial charge is 0.230 e. The first-order valence-corrected chi connectivity index (χ1v) is 12.7. The Morgan fingerprint density at radius 2 is 1.83 bits per heavy atom. The van der Waals surface area contributed by atoms with Crippen LogP contribution in [0.25, 0.3) is 16.5 Å². The second kappa shape index (κ2) is 9.33. The van der Waals surface area contributed by atoms with Crippen molar-refractivity contribution in [2.45, 2.75) is 13.0 Å². The van der Waals surface area contributed by atoms with E-state index in [9.17, 15) is 5.11 Å². The van der Waals surface area contributed by atoms with Crippen LogP contribution in [-0.2, 0) is 0 Å². The molecule has 0 spiro atoms. The highest BCUT2D eigenvalue weighted by Gasteiger charge is 2.32. The van der Waals surface area contributed by atoms with Gasteiger partial charge in [-0.1, -0.05) is 41.2 Å². The zero-order chi connectivity index (χ0) is 24.6. The first kappa shape index (κ1) is 22.6. The molecular formula is C27H27N5O3S. The number of rotatable bonds is 6. The van der Waals surface area contributed by atoms with Gasteiger partial charge in [0, 0.05) is 31.9 Å². The van der Waals surface area contributed by atoms with Gasteiger partial charge in [-0.2, -0.15) is 9.50 Å². The summed E-state index contributed by atoms with van der Waals surface area (Å²) < 4.78 is 12.3. The summed E-state index contributed by atoms with van der Waals surface area (Å²) in [5.41, 5.74) is 3.53.